The van der Waals surface area contributed by atoms with Crippen LogP contribution < -0.4 is 4.74 Å². The Kier molecular flexibility index (Phi) is 4.54. The van der Waals surface area contributed by atoms with Gasteiger partial charge in [-0.2, -0.15) is 0 Å². The molecule has 0 N–H and O–H groups in total. The van der Waals surface area contributed by atoms with Crippen molar-refractivity contribution in [2.45, 2.75) is 0 Å². The molecule has 0 bridgehead atoms. The van der Waals surface area contributed by atoms with Crippen LogP contribution in [0.4, 0.5) is 14.5 Å². The van der Waals surface area contributed by atoms with E-state index in [4.69, 9.17) is 4.74 Å². The van der Waals surface area contributed by atoms with Crippen molar-refractivity contribution in [1.82, 2.24) is 0 Å². The van der Waals surface area contributed by atoms with E-state index in [1.807, 2.05) is 0 Å². The van der Waals surface area contributed by atoms with E-state index in [0.29, 0.717) is 6.07 Å². The van der Waals surface area contributed by atoms with Gasteiger partial charge in [0.15, 0.2) is 11.6 Å². The van der Waals surface area contributed by atoms with Gasteiger partial charge in [-0.1, -0.05) is 0 Å². The van der Waals surface area contributed by atoms with E-state index in [0.717, 1.165) is 25.3 Å². The van der Waals surface area contributed by atoms with Crippen molar-refractivity contribution >= 4 is 11.7 Å². The highest BCUT2D eigenvalue weighted by atomic mass is 19.1. The van der Waals surface area contributed by atoms with Gasteiger partial charge in [0.1, 0.15) is 5.82 Å². The van der Waals surface area contributed by atoms with E-state index < -0.39 is 22.5 Å². The minimum Gasteiger partial charge on any atom is -0.493 e. The van der Waals surface area contributed by atoms with Crippen LogP contribution in [0.15, 0.2) is 30.3 Å². The van der Waals surface area contributed by atoms with Gasteiger partial charge in [-0.3, -0.25) is 10.1 Å². The minimum atomic E-state index is -0.961. The van der Waals surface area contributed by atoms with Gasteiger partial charge < -0.3 is 9.47 Å². The summed E-state index contributed by atoms with van der Waals surface area (Å²) in [6.45, 7) is 0. The number of carbonyl (C=O) groups excluding carboxylic acids is 1. The fraction of sp³-hybridized carbons (Fsp3) is 0.133. The standard InChI is InChI=1S/C15H11F2NO5/c1-22-14-11(5-8(16)6-13(14)17)10-4-3-9(18(20)21)7-12(10)15(19)23-2/h3-7H,1-2H3. The van der Waals surface area contributed by atoms with E-state index in [1.165, 1.54) is 13.2 Å². The number of ether oxygens (including phenoxy) is 2. The van der Waals surface area contributed by atoms with Crippen LogP contribution in [0.25, 0.3) is 11.1 Å². The van der Waals surface area contributed by atoms with Crippen molar-refractivity contribution in [3.8, 4) is 16.9 Å². The summed E-state index contributed by atoms with van der Waals surface area (Å²) in [7, 11) is 2.28. The molecule has 0 aliphatic rings. The van der Waals surface area contributed by atoms with E-state index >= 15 is 0 Å². The summed E-state index contributed by atoms with van der Waals surface area (Å²) < 4.78 is 36.8. The summed E-state index contributed by atoms with van der Waals surface area (Å²) in [6.07, 6.45) is 0. The predicted molar refractivity (Wildman–Crippen MR) is 76.3 cm³/mol. The Morgan fingerprint density at radius 1 is 1.13 bits per heavy atom. The first-order chi connectivity index (χ1) is 10.9. The lowest BCUT2D eigenvalue weighted by atomic mass is 9.97. The number of rotatable bonds is 4. The van der Waals surface area contributed by atoms with E-state index in [2.05, 4.69) is 4.74 Å². The zero-order valence-electron chi connectivity index (χ0n) is 12.1. The lowest BCUT2D eigenvalue weighted by Gasteiger charge is -2.13. The molecule has 0 unspecified atom stereocenters. The van der Waals surface area contributed by atoms with Crippen LogP contribution in [0.5, 0.6) is 5.75 Å². The van der Waals surface area contributed by atoms with Gasteiger partial charge in [0.05, 0.1) is 24.7 Å². The molecule has 0 atom stereocenters. The topological polar surface area (TPSA) is 78.7 Å². The normalized spacial score (nSPS) is 10.3. The number of nitrogens with zero attached hydrogens (tertiary/aromatic N) is 1. The molecule has 23 heavy (non-hydrogen) atoms. The Hall–Kier alpha value is -3.03. The molecule has 0 saturated carbocycles. The summed E-state index contributed by atoms with van der Waals surface area (Å²) in [5.41, 5.74) is -0.562. The monoisotopic (exact) mass is 323 g/mol. The fourth-order valence-electron chi connectivity index (χ4n) is 2.13. The molecule has 0 aliphatic heterocycles. The Balaban J connectivity index is 2.78. The van der Waals surface area contributed by atoms with Crippen LogP contribution in [0.3, 0.4) is 0 Å². The van der Waals surface area contributed by atoms with Gasteiger partial charge in [-0.25, -0.2) is 13.6 Å². The zero-order valence-corrected chi connectivity index (χ0v) is 12.1. The summed E-state index contributed by atoms with van der Waals surface area (Å²) >= 11 is 0. The van der Waals surface area contributed by atoms with Crippen LogP contribution in [-0.4, -0.2) is 25.1 Å². The van der Waals surface area contributed by atoms with Crippen molar-refractivity contribution in [2.75, 3.05) is 14.2 Å². The Labute approximate surface area is 129 Å². The molecule has 2 aromatic rings. The number of methoxy groups -OCH3 is 2. The van der Waals surface area contributed by atoms with Crippen LogP contribution in [0.1, 0.15) is 10.4 Å². The Morgan fingerprint density at radius 3 is 2.39 bits per heavy atom. The Morgan fingerprint density at radius 2 is 1.83 bits per heavy atom. The molecule has 120 valence electrons. The number of halogens is 2. The average Bonchev–Trinajstić information content (AvgIpc) is 2.52. The maximum Gasteiger partial charge on any atom is 0.338 e. The molecule has 0 heterocycles. The molecular weight excluding hydrogens is 312 g/mol. The van der Waals surface area contributed by atoms with Gasteiger partial charge in [0.25, 0.3) is 5.69 Å². The molecule has 8 heteroatoms. The van der Waals surface area contributed by atoms with Crippen LogP contribution in [0.2, 0.25) is 0 Å². The number of esters is 1. The van der Waals surface area contributed by atoms with Crippen LogP contribution in [-0.2, 0) is 4.74 Å². The molecular formula is C15H11F2NO5. The predicted octanol–water partition coefficient (Wildman–Crippen LogP) is 3.34. The largest absolute Gasteiger partial charge is 0.493 e. The highest BCUT2D eigenvalue weighted by Gasteiger charge is 2.22. The van der Waals surface area contributed by atoms with Gasteiger partial charge in [-0.15, -0.1) is 0 Å². The number of hydrogen-bond acceptors (Lipinski definition) is 5. The number of benzene rings is 2. The van der Waals surface area contributed by atoms with Crippen molar-refractivity contribution in [1.29, 1.82) is 0 Å². The van der Waals surface area contributed by atoms with Gasteiger partial charge >= 0.3 is 5.97 Å². The number of non-ortho nitro benzene ring substituents is 1. The lowest BCUT2D eigenvalue weighted by molar-refractivity contribution is -0.384. The summed E-state index contributed by atoms with van der Waals surface area (Å²) in [4.78, 5) is 22.0. The molecule has 2 rings (SSSR count). The highest BCUT2D eigenvalue weighted by Crippen LogP contribution is 2.36. The molecule has 0 spiro atoms. The fourth-order valence-corrected chi connectivity index (χ4v) is 2.13. The first-order valence-corrected chi connectivity index (χ1v) is 6.29. The molecule has 0 fully saturated rings. The number of nitro groups is 1. The number of hydrogen-bond donors (Lipinski definition) is 0. The molecule has 6 nitrogen and oxygen atoms in total. The van der Waals surface area contributed by atoms with Crippen molar-refractivity contribution < 1.29 is 28.0 Å². The van der Waals surface area contributed by atoms with Crippen molar-refractivity contribution in [3.63, 3.8) is 0 Å². The lowest BCUT2D eigenvalue weighted by Crippen LogP contribution is -2.06. The molecule has 0 aromatic heterocycles. The molecule has 0 aliphatic carbocycles. The Bertz CT molecular complexity index is 792. The van der Waals surface area contributed by atoms with Crippen molar-refractivity contribution in [3.05, 3.63) is 57.6 Å². The summed E-state index contributed by atoms with van der Waals surface area (Å²) in [5, 5.41) is 10.9. The van der Waals surface area contributed by atoms with Gasteiger partial charge in [0.2, 0.25) is 0 Å². The van der Waals surface area contributed by atoms with E-state index in [-0.39, 0.29) is 28.1 Å². The van der Waals surface area contributed by atoms with Gasteiger partial charge in [0, 0.05) is 29.3 Å². The highest BCUT2D eigenvalue weighted by molar-refractivity contribution is 5.98. The molecule has 0 saturated heterocycles. The second kappa shape index (κ2) is 6.39. The third kappa shape index (κ3) is 3.10. The second-order valence-electron chi connectivity index (χ2n) is 4.45. The summed E-state index contributed by atoms with van der Waals surface area (Å²) in [5.74, 6) is -3.01. The molecule has 0 radical (unpaired) electrons. The quantitative estimate of drug-likeness (QED) is 0.490. The first kappa shape index (κ1) is 16.3. The smallest absolute Gasteiger partial charge is 0.338 e. The SMILES string of the molecule is COC(=O)c1cc([N+](=O)[O-])ccc1-c1cc(F)cc(F)c1OC. The van der Waals surface area contributed by atoms with Crippen LogP contribution in [0, 0.1) is 21.7 Å². The zero-order chi connectivity index (χ0) is 17.1. The third-order valence-corrected chi connectivity index (χ3v) is 3.12. The van der Waals surface area contributed by atoms with Gasteiger partial charge in [-0.05, 0) is 12.1 Å². The number of carbonyl (C=O) groups is 1. The maximum atomic E-state index is 13.8. The van der Waals surface area contributed by atoms with E-state index in [1.54, 1.807) is 0 Å². The number of nitro benzene ring substituents is 1. The average molecular weight is 323 g/mol. The maximum absolute atomic E-state index is 13.8. The van der Waals surface area contributed by atoms with Crippen molar-refractivity contribution in [2.24, 2.45) is 0 Å². The molecule has 2 aromatic carbocycles. The first-order valence-electron chi connectivity index (χ1n) is 6.29. The van der Waals surface area contributed by atoms with E-state index in [9.17, 15) is 23.7 Å². The van der Waals surface area contributed by atoms with Crippen LogP contribution >= 0.6 is 0 Å². The minimum absolute atomic E-state index is 0.0534. The molecule has 0 amide bonds. The third-order valence-electron chi connectivity index (χ3n) is 3.12. The second-order valence-corrected chi connectivity index (χ2v) is 4.45. The summed E-state index contributed by atoms with van der Waals surface area (Å²) in [6, 6.07) is 4.90.